The number of nitrogens with one attached hydrogen (secondary N) is 1. The molecule has 9 heteroatoms. The van der Waals surface area contributed by atoms with Gasteiger partial charge in [0.2, 0.25) is 11.8 Å². The fourth-order valence-corrected chi connectivity index (χ4v) is 9.43. The third kappa shape index (κ3) is 9.82. The van der Waals surface area contributed by atoms with Crippen molar-refractivity contribution in [1.82, 2.24) is 0 Å². The standard InChI is InChI=1S/C30H40I3N3O3/c1-6-7-8-9-10-11-12-13-14-15-22-16-18-23(19-17-22)34-30(39)24-25(31)28(35(4)20(2)37)27(33)29(26(24)32)36(5)21(3)38/h16-19H,6-15H2,1-5H3,(H,34,39). The minimum absolute atomic E-state index is 0.155. The van der Waals surface area contributed by atoms with E-state index >= 15 is 0 Å². The van der Waals surface area contributed by atoms with E-state index in [1.165, 1.54) is 87.0 Å². The van der Waals surface area contributed by atoms with Gasteiger partial charge in [0.05, 0.1) is 27.6 Å². The molecule has 214 valence electrons. The smallest absolute Gasteiger partial charge is 0.257 e. The summed E-state index contributed by atoms with van der Waals surface area (Å²) in [7, 11) is 3.36. The highest BCUT2D eigenvalue weighted by atomic mass is 127. The first-order valence-electron chi connectivity index (χ1n) is 13.6. The van der Waals surface area contributed by atoms with Crippen molar-refractivity contribution in [3.05, 3.63) is 46.1 Å². The van der Waals surface area contributed by atoms with E-state index in [4.69, 9.17) is 0 Å². The summed E-state index contributed by atoms with van der Waals surface area (Å²) in [6, 6.07) is 8.04. The molecule has 0 saturated heterocycles. The van der Waals surface area contributed by atoms with E-state index < -0.39 is 0 Å². The Labute approximate surface area is 274 Å². The maximum Gasteiger partial charge on any atom is 0.257 e. The highest BCUT2D eigenvalue weighted by Gasteiger charge is 2.29. The van der Waals surface area contributed by atoms with Crippen LogP contribution in [0, 0.1) is 10.7 Å². The Hall–Kier alpha value is -0.960. The molecule has 0 unspecified atom stereocenters. The second-order valence-electron chi connectivity index (χ2n) is 9.90. The molecule has 2 aromatic rings. The van der Waals surface area contributed by atoms with Crippen LogP contribution in [0.1, 0.15) is 94.5 Å². The second-order valence-corrected chi connectivity index (χ2v) is 13.1. The van der Waals surface area contributed by atoms with Gasteiger partial charge in [-0.2, -0.15) is 0 Å². The number of carbonyl (C=O) groups is 3. The summed E-state index contributed by atoms with van der Waals surface area (Å²) in [6.07, 6.45) is 12.8. The van der Waals surface area contributed by atoms with Crippen molar-refractivity contribution in [2.24, 2.45) is 0 Å². The third-order valence-corrected chi connectivity index (χ3v) is 10.0. The summed E-state index contributed by atoms with van der Waals surface area (Å²) in [5.74, 6) is -0.585. The second kappa shape index (κ2) is 17.1. The minimum Gasteiger partial charge on any atom is -0.322 e. The maximum absolute atomic E-state index is 13.6. The van der Waals surface area contributed by atoms with Crippen molar-refractivity contribution in [3.8, 4) is 0 Å². The molecular weight excluding hydrogens is 831 g/mol. The first-order valence-corrected chi connectivity index (χ1v) is 16.8. The summed E-state index contributed by atoms with van der Waals surface area (Å²) in [6.45, 7) is 5.21. The van der Waals surface area contributed by atoms with E-state index in [0.717, 1.165) is 9.99 Å². The number of carbonyl (C=O) groups excluding carboxylic acids is 3. The van der Waals surface area contributed by atoms with Gasteiger partial charge in [-0.25, -0.2) is 0 Å². The molecule has 0 radical (unpaired) electrons. The zero-order valence-corrected chi connectivity index (χ0v) is 30.1. The predicted octanol–water partition coefficient (Wildman–Crippen LogP) is 8.79. The highest BCUT2D eigenvalue weighted by molar-refractivity contribution is 14.1. The lowest BCUT2D eigenvalue weighted by Crippen LogP contribution is -2.31. The summed E-state index contributed by atoms with van der Waals surface area (Å²) < 4.78 is 2.08. The fraction of sp³-hybridized carbons (Fsp3) is 0.500. The van der Waals surface area contributed by atoms with Crippen LogP contribution in [0.2, 0.25) is 0 Å². The topological polar surface area (TPSA) is 69.7 Å². The van der Waals surface area contributed by atoms with Crippen molar-refractivity contribution in [3.63, 3.8) is 0 Å². The molecule has 0 aromatic heterocycles. The number of nitrogens with zero attached hydrogens (tertiary/aromatic N) is 2. The Morgan fingerprint density at radius 1 is 0.692 bits per heavy atom. The summed E-state index contributed by atoms with van der Waals surface area (Å²) in [5.41, 5.74) is 3.66. The van der Waals surface area contributed by atoms with Crippen molar-refractivity contribution in [2.75, 3.05) is 29.2 Å². The van der Waals surface area contributed by atoms with Gasteiger partial charge < -0.3 is 15.1 Å². The van der Waals surface area contributed by atoms with E-state index in [2.05, 4.69) is 92.1 Å². The van der Waals surface area contributed by atoms with Gasteiger partial charge in [0, 0.05) is 33.6 Å². The van der Waals surface area contributed by atoms with E-state index in [-0.39, 0.29) is 17.7 Å². The number of hydrogen-bond acceptors (Lipinski definition) is 3. The Bertz CT molecular complexity index is 1110. The average molecular weight is 871 g/mol. The zero-order valence-electron chi connectivity index (χ0n) is 23.6. The molecule has 3 amide bonds. The van der Waals surface area contributed by atoms with Crippen LogP contribution >= 0.6 is 67.8 Å². The van der Waals surface area contributed by atoms with Gasteiger partial charge in [-0.3, -0.25) is 14.4 Å². The molecule has 0 aliphatic carbocycles. The Morgan fingerprint density at radius 2 is 1.13 bits per heavy atom. The maximum atomic E-state index is 13.6. The van der Waals surface area contributed by atoms with Crippen LogP contribution in [-0.2, 0) is 16.0 Å². The molecule has 0 aliphatic rings. The Morgan fingerprint density at radius 3 is 1.56 bits per heavy atom. The molecule has 0 bridgehead atoms. The quantitative estimate of drug-likeness (QED) is 0.153. The van der Waals surface area contributed by atoms with Crippen LogP contribution in [0.5, 0.6) is 0 Å². The van der Waals surface area contributed by atoms with Gasteiger partial charge in [0.1, 0.15) is 0 Å². The minimum atomic E-state index is -0.275. The Balaban J connectivity index is 2.13. The monoisotopic (exact) mass is 871 g/mol. The number of hydrogen-bond donors (Lipinski definition) is 1. The molecule has 0 spiro atoms. The van der Waals surface area contributed by atoms with Crippen LogP contribution in [-0.4, -0.2) is 31.8 Å². The van der Waals surface area contributed by atoms with Crippen LogP contribution in [0.4, 0.5) is 17.1 Å². The molecule has 39 heavy (non-hydrogen) atoms. The molecule has 0 aliphatic heterocycles. The van der Waals surface area contributed by atoms with Gasteiger partial charge in [-0.15, -0.1) is 0 Å². The summed E-state index contributed by atoms with van der Waals surface area (Å²) >= 11 is 6.40. The van der Waals surface area contributed by atoms with Gasteiger partial charge in [-0.1, -0.05) is 70.4 Å². The normalized spacial score (nSPS) is 10.9. The Kier molecular flexibility index (Phi) is 15.0. The number of halogens is 3. The van der Waals surface area contributed by atoms with Crippen LogP contribution in [0.3, 0.4) is 0 Å². The van der Waals surface area contributed by atoms with E-state index in [0.29, 0.717) is 29.8 Å². The van der Waals surface area contributed by atoms with Gasteiger partial charge >= 0.3 is 0 Å². The van der Waals surface area contributed by atoms with Crippen molar-refractivity contribution >= 4 is 103 Å². The number of rotatable bonds is 14. The molecule has 1 N–H and O–H groups in total. The molecule has 0 fully saturated rings. The largest absolute Gasteiger partial charge is 0.322 e. The van der Waals surface area contributed by atoms with E-state index in [1.54, 1.807) is 14.1 Å². The first-order chi connectivity index (χ1) is 18.5. The number of amides is 3. The van der Waals surface area contributed by atoms with Crippen LogP contribution in [0.15, 0.2) is 24.3 Å². The van der Waals surface area contributed by atoms with E-state index in [9.17, 15) is 14.4 Å². The lowest BCUT2D eigenvalue weighted by molar-refractivity contribution is -0.117. The fourth-order valence-electron chi connectivity index (χ4n) is 4.33. The van der Waals surface area contributed by atoms with Crippen molar-refractivity contribution < 1.29 is 14.4 Å². The van der Waals surface area contributed by atoms with Gasteiger partial charge in [-0.05, 0) is 98.3 Å². The SMILES string of the molecule is CCCCCCCCCCCc1ccc(NC(=O)c2c(I)c(N(C)C(C)=O)c(I)c(N(C)C(C)=O)c2I)cc1. The first kappa shape index (κ1) is 34.2. The predicted molar refractivity (Wildman–Crippen MR) is 188 cm³/mol. The van der Waals surface area contributed by atoms with E-state index in [1.807, 2.05) is 12.1 Å². The molecule has 2 aromatic carbocycles. The number of benzene rings is 2. The summed E-state index contributed by atoms with van der Waals surface area (Å²) in [4.78, 5) is 41.1. The van der Waals surface area contributed by atoms with Gasteiger partial charge in [0.25, 0.3) is 5.91 Å². The summed E-state index contributed by atoms with van der Waals surface area (Å²) in [5, 5.41) is 3.02. The van der Waals surface area contributed by atoms with Crippen molar-refractivity contribution in [2.45, 2.75) is 85.0 Å². The lowest BCUT2D eigenvalue weighted by atomic mass is 10.0. The number of anilines is 3. The lowest BCUT2D eigenvalue weighted by Gasteiger charge is -2.27. The molecule has 2 rings (SSSR count). The molecular formula is C30H40I3N3O3. The molecule has 0 heterocycles. The zero-order chi connectivity index (χ0) is 29.1. The van der Waals surface area contributed by atoms with Crippen LogP contribution in [0.25, 0.3) is 0 Å². The molecule has 0 atom stereocenters. The highest BCUT2D eigenvalue weighted by Crippen LogP contribution is 2.42. The van der Waals surface area contributed by atoms with Crippen molar-refractivity contribution in [1.29, 1.82) is 0 Å². The molecule has 6 nitrogen and oxygen atoms in total. The van der Waals surface area contributed by atoms with Crippen LogP contribution < -0.4 is 15.1 Å². The number of aryl methyl sites for hydroxylation is 1. The average Bonchev–Trinajstić information content (AvgIpc) is 2.88. The van der Waals surface area contributed by atoms with Gasteiger partial charge in [0.15, 0.2) is 0 Å². The number of unbranched alkanes of at least 4 members (excludes halogenated alkanes) is 8. The third-order valence-electron chi connectivity index (χ3n) is 6.89. The molecule has 0 saturated carbocycles.